The van der Waals surface area contributed by atoms with E-state index in [4.69, 9.17) is 0 Å². The first-order chi connectivity index (χ1) is 18.9. The van der Waals surface area contributed by atoms with Crippen LogP contribution in [0, 0.1) is 11.8 Å². The van der Waals surface area contributed by atoms with E-state index in [1.807, 2.05) is 0 Å². The zero-order valence-electron chi connectivity index (χ0n) is 26.3. The van der Waals surface area contributed by atoms with Crippen LogP contribution in [-0.4, -0.2) is 47.7 Å². The predicted octanol–water partition coefficient (Wildman–Crippen LogP) is 7.79. The summed E-state index contributed by atoms with van der Waals surface area (Å²) in [7, 11) is -4.42. The summed E-state index contributed by atoms with van der Waals surface area (Å²) >= 11 is 0. The zero-order chi connectivity index (χ0) is 30.2. The van der Waals surface area contributed by atoms with Crippen molar-refractivity contribution in [2.45, 2.75) is 175 Å². The van der Waals surface area contributed by atoms with Crippen LogP contribution in [0.1, 0.15) is 163 Å². The van der Waals surface area contributed by atoms with Crippen LogP contribution in [0.15, 0.2) is 0 Å². The number of hydrogen-bond donors (Lipinski definition) is 3. The Morgan fingerprint density at radius 1 is 0.600 bits per heavy atom. The van der Waals surface area contributed by atoms with Crippen molar-refractivity contribution < 1.29 is 27.7 Å². The molecule has 0 saturated heterocycles. The summed E-state index contributed by atoms with van der Waals surface area (Å²) in [5.41, 5.74) is 0. The van der Waals surface area contributed by atoms with Crippen molar-refractivity contribution >= 4 is 21.8 Å². The molecule has 0 saturated carbocycles. The lowest BCUT2D eigenvalue weighted by Gasteiger charge is -2.23. The standard InChI is InChI=1S/C32H63NO6S/c1-27(2)22-18-14-10-6-5-7-12-16-20-24-30(34)29(26-40(37,38)39)33-32(36)31(35)25-21-17-13-9-8-11-15-19-23-28(3)4/h27-30,34H,5-26H2,1-4H3,(H,33,36)(H,37,38,39)/t29-,30+/m0/s1. The lowest BCUT2D eigenvalue weighted by molar-refractivity contribution is -0.138. The third-order valence-electron chi connectivity index (χ3n) is 7.64. The number of aliphatic hydroxyl groups is 1. The summed E-state index contributed by atoms with van der Waals surface area (Å²) < 4.78 is 32.2. The fourth-order valence-corrected chi connectivity index (χ4v) is 5.84. The Balaban J connectivity index is 4.15. The molecule has 0 rings (SSSR count). The number of carbonyl (C=O) groups is 2. The molecule has 0 aromatic carbocycles. The molecule has 0 unspecified atom stereocenters. The molecule has 0 aliphatic carbocycles. The zero-order valence-corrected chi connectivity index (χ0v) is 27.1. The Hall–Kier alpha value is -0.990. The van der Waals surface area contributed by atoms with E-state index < -0.39 is 39.7 Å². The van der Waals surface area contributed by atoms with Gasteiger partial charge in [0, 0.05) is 6.42 Å². The van der Waals surface area contributed by atoms with E-state index in [0.29, 0.717) is 19.3 Å². The van der Waals surface area contributed by atoms with E-state index in [-0.39, 0.29) is 6.42 Å². The van der Waals surface area contributed by atoms with Crippen LogP contribution in [0.25, 0.3) is 0 Å². The van der Waals surface area contributed by atoms with Gasteiger partial charge in [-0.1, -0.05) is 143 Å². The molecule has 0 heterocycles. The monoisotopic (exact) mass is 589 g/mol. The van der Waals surface area contributed by atoms with Gasteiger partial charge < -0.3 is 10.4 Å². The maximum Gasteiger partial charge on any atom is 0.287 e. The van der Waals surface area contributed by atoms with Gasteiger partial charge in [0.25, 0.3) is 16.0 Å². The third-order valence-corrected chi connectivity index (χ3v) is 8.42. The molecule has 0 fully saturated rings. The molecule has 0 radical (unpaired) electrons. The number of carbonyl (C=O) groups excluding carboxylic acids is 2. The van der Waals surface area contributed by atoms with Crippen LogP contribution in [0.3, 0.4) is 0 Å². The summed E-state index contributed by atoms with van der Waals surface area (Å²) in [5, 5.41) is 12.9. The van der Waals surface area contributed by atoms with Crippen LogP contribution < -0.4 is 5.32 Å². The first-order valence-electron chi connectivity index (χ1n) is 16.4. The van der Waals surface area contributed by atoms with Gasteiger partial charge in [0.1, 0.15) is 0 Å². The molecule has 0 spiro atoms. The number of nitrogens with one attached hydrogen (secondary N) is 1. The largest absolute Gasteiger partial charge is 0.391 e. The van der Waals surface area contributed by atoms with Crippen molar-refractivity contribution in [3.8, 4) is 0 Å². The molecule has 7 nitrogen and oxygen atoms in total. The second kappa shape index (κ2) is 24.6. The third kappa shape index (κ3) is 25.9. The van der Waals surface area contributed by atoms with E-state index >= 15 is 0 Å². The fraction of sp³-hybridized carbons (Fsp3) is 0.938. The Bertz CT molecular complexity index is 738. The average Bonchev–Trinajstić information content (AvgIpc) is 2.86. The topological polar surface area (TPSA) is 121 Å². The fourth-order valence-electron chi connectivity index (χ4n) is 5.08. The van der Waals surface area contributed by atoms with Gasteiger partial charge in [-0.05, 0) is 24.7 Å². The number of rotatable bonds is 28. The van der Waals surface area contributed by atoms with Gasteiger partial charge in [-0.15, -0.1) is 0 Å². The van der Waals surface area contributed by atoms with Crippen LogP contribution >= 0.6 is 0 Å². The van der Waals surface area contributed by atoms with Crippen LogP contribution in [-0.2, 0) is 19.7 Å². The lowest BCUT2D eigenvalue weighted by atomic mass is 10.0. The molecule has 0 aliphatic rings. The average molecular weight is 590 g/mol. The highest BCUT2D eigenvalue weighted by Crippen LogP contribution is 2.16. The minimum absolute atomic E-state index is 0.104. The van der Waals surface area contributed by atoms with Gasteiger partial charge >= 0.3 is 0 Å². The van der Waals surface area contributed by atoms with Gasteiger partial charge in [-0.2, -0.15) is 8.42 Å². The van der Waals surface area contributed by atoms with Crippen molar-refractivity contribution in [2.75, 3.05) is 5.75 Å². The molecule has 2 atom stereocenters. The normalized spacial score (nSPS) is 13.6. The number of aliphatic hydroxyl groups excluding tert-OH is 1. The lowest BCUT2D eigenvalue weighted by Crippen LogP contribution is -2.49. The van der Waals surface area contributed by atoms with Crippen molar-refractivity contribution in [2.24, 2.45) is 11.8 Å². The molecule has 3 N–H and O–H groups in total. The van der Waals surface area contributed by atoms with Crippen LogP contribution in [0.2, 0.25) is 0 Å². The number of hydrogen-bond acceptors (Lipinski definition) is 5. The molecule has 1 amide bonds. The Morgan fingerprint density at radius 2 is 0.950 bits per heavy atom. The quantitative estimate of drug-likeness (QED) is 0.0486. The maximum atomic E-state index is 12.4. The minimum Gasteiger partial charge on any atom is -0.391 e. The maximum absolute atomic E-state index is 12.4. The summed E-state index contributed by atoms with van der Waals surface area (Å²) in [5.74, 6) is -0.752. The van der Waals surface area contributed by atoms with E-state index in [9.17, 15) is 27.7 Å². The minimum atomic E-state index is -4.42. The summed E-state index contributed by atoms with van der Waals surface area (Å²) in [6.45, 7) is 9.02. The van der Waals surface area contributed by atoms with Crippen molar-refractivity contribution in [3.63, 3.8) is 0 Å². The van der Waals surface area contributed by atoms with Crippen LogP contribution in [0.5, 0.6) is 0 Å². The molecule has 0 bridgehead atoms. The number of Topliss-reactive ketones (excluding diaryl/α,β-unsaturated/α-hetero) is 1. The molecule has 238 valence electrons. The summed E-state index contributed by atoms with van der Waals surface area (Å²) in [6.07, 6.45) is 20.6. The molecular formula is C32H63NO6S. The van der Waals surface area contributed by atoms with E-state index in [1.165, 1.54) is 70.6 Å². The van der Waals surface area contributed by atoms with Gasteiger partial charge in [0.05, 0.1) is 17.9 Å². The second-order valence-electron chi connectivity index (χ2n) is 12.7. The van der Waals surface area contributed by atoms with Gasteiger partial charge in [-0.25, -0.2) is 0 Å². The Kier molecular flexibility index (Phi) is 24.0. The van der Waals surface area contributed by atoms with E-state index in [0.717, 1.165) is 50.4 Å². The highest BCUT2D eigenvalue weighted by molar-refractivity contribution is 7.85. The first kappa shape index (κ1) is 39.0. The molecule has 0 aromatic rings. The van der Waals surface area contributed by atoms with E-state index in [2.05, 4.69) is 33.0 Å². The van der Waals surface area contributed by atoms with Crippen LogP contribution in [0.4, 0.5) is 0 Å². The molecule has 40 heavy (non-hydrogen) atoms. The molecule has 0 aliphatic heterocycles. The molecule has 8 heteroatoms. The van der Waals surface area contributed by atoms with Gasteiger partial charge in [0.2, 0.25) is 5.78 Å². The van der Waals surface area contributed by atoms with E-state index in [1.54, 1.807) is 0 Å². The van der Waals surface area contributed by atoms with Gasteiger partial charge in [-0.3, -0.25) is 14.1 Å². The predicted molar refractivity (Wildman–Crippen MR) is 166 cm³/mol. The number of unbranched alkanes of at least 4 members (excludes halogenated alkanes) is 15. The number of amides is 1. The van der Waals surface area contributed by atoms with Crippen molar-refractivity contribution in [3.05, 3.63) is 0 Å². The summed E-state index contributed by atoms with van der Waals surface area (Å²) in [4.78, 5) is 24.7. The van der Waals surface area contributed by atoms with Gasteiger partial charge in [0.15, 0.2) is 0 Å². The highest BCUT2D eigenvalue weighted by atomic mass is 32.2. The molecule has 0 aromatic heterocycles. The van der Waals surface area contributed by atoms with Crippen molar-refractivity contribution in [1.82, 2.24) is 5.32 Å². The first-order valence-corrected chi connectivity index (χ1v) is 18.0. The second-order valence-corrected chi connectivity index (χ2v) is 14.2. The smallest absolute Gasteiger partial charge is 0.287 e. The summed E-state index contributed by atoms with van der Waals surface area (Å²) in [6, 6.07) is -1.20. The molecular weight excluding hydrogens is 526 g/mol. The van der Waals surface area contributed by atoms with Crippen molar-refractivity contribution in [1.29, 1.82) is 0 Å². The SMILES string of the molecule is CC(C)CCCCCCCCCCC[C@@H](O)[C@H](CS(=O)(=O)O)NC(=O)C(=O)CCCCCCCCCCC(C)C. The number of ketones is 1. The Morgan fingerprint density at radius 3 is 1.32 bits per heavy atom. The Labute approximate surface area is 246 Å². The highest BCUT2D eigenvalue weighted by Gasteiger charge is 2.28.